The second kappa shape index (κ2) is 9.55. The van der Waals surface area contributed by atoms with Crippen molar-refractivity contribution >= 4 is 40.7 Å². The first-order valence-electron chi connectivity index (χ1n) is 8.99. The fraction of sp³-hybridized carbons (Fsp3) is 0.556. The minimum absolute atomic E-state index is 0.0646. The average molecular weight is 403 g/mol. The van der Waals surface area contributed by atoms with E-state index in [-0.39, 0.29) is 23.9 Å². The number of carbonyl (C=O) groups excluding carboxylic acids is 2. The summed E-state index contributed by atoms with van der Waals surface area (Å²) < 4.78 is 0. The average Bonchev–Trinajstić information content (AvgIpc) is 2.56. The van der Waals surface area contributed by atoms with E-state index in [1.807, 2.05) is 20.8 Å². The number of carbonyl (C=O) groups is 2. The summed E-state index contributed by atoms with van der Waals surface area (Å²) in [5, 5.41) is 6.77. The molecule has 1 heterocycles. The Morgan fingerprint density at radius 2 is 1.77 bits per heavy atom. The molecular formula is C18H28Cl2N4O2+2. The Balaban J connectivity index is 1.82. The molecule has 0 aromatic heterocycles. The minimum Gasteiger partial charge on any atom is -0.349 e. The molecule has 1 aromatic carbocycles. The standard InChI is InChI=1S/C18H26Cl2N4O2/c1-12(2)21-17(25)11-23-6-8-24(9-7-23)13(3)18(26)22-16-5-4-14(19)10-15(16)20/h4-5,10,12-13H,6-9,11H2,1-3H3,(H,21,25)(H,22,26)/p+2/t13-/m1/s1. The van der Waals surface area contributed by atoms with Gasteiger partial charge in [-0.2, -0.15) is 0 Å². The number of hydrogen-bond donors (Lipinski definition) is 4. The van der Waals surface area contributed by atoms with E-state index >= 15 is 0 Å². The second-order valence-corrected chi connectivity index (χ2v) is 7.99. The summed E-state index contributed by atoms with van der Waals surface area (Å²) in [5.41, 5.74) is 0.571. The lowest BCUT2D eigenvalue weighted by atomic mass is 10.2. The lowest BCUT2D eigenvalue weighted by molar-refractivity contribution is -1.01. The Morgan fingerprint density at radius 1 is 1.12 bits per heavy atom. The van der Waals surface area contributed by atoms with Gasteiger partial charge < -0.3 is 20.4 Å². The second-order valence-electron chi connectivity index (χ2n) is 7.14. The summed E-state index contributed by atoms with van der Waals surface area (Å²) in [4.78, 5) is 26.9. The molecule has 8 heteroatoms. The van der Waals surface area contributed by atoms with Crippen LogP contribution in [0.15, 0.2) is 18.2 Å². The summed E-state index contributed by atoms with van der Waals surface area (Å²) in [6.45, 7) is 9.79. The van der Waals surface area contributed by atoms with Crippen LogP contribution in [0.5, 0.6) is 0 Å². The SMILES string of the molecule is CC(C)NC(=O)C[NH+]1CC[NH+]([C@H](C)C(=O)Nc2ccc(Cl)cc2Cl)CC1. The minimum atomic E-state index is -0.187. The van der Waals surface area contributed by atoms with E-state index in [2.05, 4.69) is 10.6 Å². The molecule has 1 aromatic rings. The van der Waals surface area contributed by atoms with Crippen LogP contribution in [0.3, 0.4) is 0 Å². The number of hydrogen-bond acceptors (Lipinski definition) is 2. The van der Waals surface area contributed by atoms with Gasteiger partial charge in [0.15, 0.2) is 12.6 Å². The molecule has 0 radical (unpaired) electrons. The number of quaternary nitrogens is 2. The summed E-state index contributed by atoms with van der Waals surface area (Å²) >= 11 is 12.0. The summed E-state index contributed by atoms with van der Waals surface area (Å²) in [5.74, 6) is 0.0202. The van der Waals surface area contributed by atoms with E-state index in [0.717, 1.165) is 26.2 Å². The van der Waals surface area contributed by atoms with Gasteiger partial charge in [-0.05, 0) is 39.0 Å². The molecule has 0 spiro atoms. The van der Waals surface area contributed by atoms with Crippen molar-refractivity contribution in [2.45, 2.75) is 32.9 Å². The first-order chi connectivity index (χ1) is 12.3. The highest BCUT2D eigenvalue weighted by Crippen LogP contribution is 2.25. The normalized spacial score (nSPS) is 21.3. The van der Waals surface area contributed by atoms with Crippen molar-refractivity contribution in [2.75, 3.05) is 38.0 Å². The van der Waals surface area contributed by atoms with Crippen LogP contribution in [-0.4, -0.2) is 56.6 Å². The zero-order chi connectivity index (χ0) is 19.3. The zero-order valence-electron chi connectivity index (χ0n) is 15.5. The van der Waals surface area contributed by atoms with Crippen molar-refractivity contribution in [3.63, 3.8) is 0 Å². The highest BCUT2D eigenvalue weighted by Gasteiger charge is 2.32. The first-order valence-corrected chi connectivity index (χ1v) is 9.75. The quantitative estimate of drug-likeness (QED) is 0.524. The number of piperazine rings is 1. The van der Waals surface area contributed by atoms with Gasteiger partial charge in [0.25, 0.3) is 11.8 Å². The molecule has 144 valence electrons. The van der Waals surface area contributed by atoms with Gasteiger partial charge in [-0.25, -0.2) is 0 Å². The van der Waals surface area contributed by atoms with Crippen LogP contribution in [0.1, 0.15) is 20.8 Å². The van der Waals surface area contributed by atoms with E-state index in [0.29, 0.717) is 22.3 Å². The van der Waals surface area contributed by atoms with Crippen molar-refractivity contribution < 1.29 is 19.4 Å². The number of nitrogens with one attached hydrogen (secondary N) is 4. The molecule has 2 rings (SSSR count). The van der Waals surface area contributed by atoms with E-state index in [9.17, 15) is 9.59 Å². The van der Waals surface area contributed by atoms with Gasteiger partial charge in [0, 0.05) is 11.1 Å². The number of rotatable bonds is 6. The number of halogens is 2. The maximum absolute atomic E-state index is 12.5. The molecule has 2 amide bonds. The molecule has 1 aliphatic heterocycles. The Bertz CT molecular complexity index is 646. The monoisotopic (exact) mass is 402 g/mol. The molecule has 1 saturated heterocycles. The van der Waals surface area contributed by atoms with Crippen LogP contribution in [0.2, 0.25) is 10.0 Å². The van der Waals surface area contributed by atoms with Crippen LogP contribution in [0.4, 0.5) is 5.69 Å². The summed E-state index contributed by atoms with van der Waals surface area (Å²) in [6.07, 6.45) is 0. The molecule has 0 saturated carbocycles. The van der Waals surface area contributed by atoms with Crippen molar-refractivity contribution in [1.82, 2.24) is 5.32 Å². The van der Waals surface area contributed by atoms with Crippen LogP contribution >= 0.6 is 23.2 Å². The Hall–Kier alpha value is -1.34. The molecule has 1 fully saturated rings. The predicted molar refractivity (Wildman–Crippen MR) is 104 cm³/mol. The molecule has 26 heavy (non-hydrogen) atoms. The van der Waals surface area contributed by atoms with Gasteiger partial charge in [-0.1, -0.05) is 23.2 Å². The van der Waals surface area contributed by atoms with Gasteiger partial charge in [-0.3, -0.25) is 9.59 Å². The van der Waals surface area contributed by atoms with Gasteiger partial charge in [0.05, 0.1) is 10.7 Å². The van der Waals surface area contributed by atoms with E-state index < -0.39 is 0 Å². The maximum atomic E-state index is 12.5. The third-order valence-electron chi connectivity index (χ3n) is 4.65. The third-order valence-corrected chi connectivity index (χ3v) is 5.20. The Kier molecular flexibility index (Phi) is 7.70. The molecule has 0 unspecified atom stereocenters. The van der Waals surface area contributed by atoms with Gasteiger partial charge >= 0.3 is 0 Å². The molecule has 1 atom stereocenters. The number of amides is 2. The van der Waals surface area contributed by atoms with Crippen LogP contribution in [0.25, 0.3) is 0 Å². The van der Waals surface area contributed by atoms with E-state index in [4.69, 9.17) is 23.2 Å². The highest BCUT2D eigenvalue weighted by molar-refractivity contribution is 6.36. The van der Waals surface area contributed by atoms with Gasteiger partial charge in [0.2, 0.25) is 0 Å². The Morgan fingerprint density at radius 3 is 2.35 bits per heavy atom. The van der Waals surface area contributed by atoms with E-state index in [1.54, 1.807) is 18.2 Å². The number of benzene rings is 1. The topological polar surface area (TPSA) is 67.1 Å². The maximum Gasteiger partial charge on any atom is 0.282 e. The fourth-order valence-electron chi connectivity index (χ4n) is 3.15. The largest absolute Gasteiger partial charge is 0.349 e. The van der Waals surface area contributed by atoms with E-state index in [1.165, 1.54) is 9.80 Å². The zero-order valence-corrected chi connectivity index (χ0v) is 17.0. The first kappa shape index (κ1) is 21.0. The molecule has 1 aliphatic rings. The smallest absolute Gasteiger partial charge is 0.282 e. The predicted octanol–water partition coefficient (Wildman–Crippen LogP) is -0.372. The number of anilines is 1. The van der Waals surface area contributed by atoms with Gasteiger partial charge in [-0.15, -0.1) is 0 Å². The van der Waals surface area contributed by atoms with Crippen molar-refractivity contribution in [1.29, 1.82) is 0 Å². The summed E-state index contributed by atoms with van der Waals surface area (Å²) in [7, 11) is 0. The molecule has 0 aliphatic carbocycles. The van der Waals surface area contributed by atoms with Gasteiger partial charge in [0.1, 0.15) is 26.2 Å². The van der Waals surface area contributed by atoms with Crippen LogP contribution < -0.4 is 20.4 Å². The third kappa shape index (κ3) is 6.13. The molecule has 4 N–H and O–H groups in total. The molecular weight excluding hydrogens is 375 g/mol. The lowest BCUT2D eigenvalue weighted by Crippen LogP contribution is -3.30. The molecule has 0 bridgehead atoms. The van der Waals surface area contributed by atoms with Crippen molar-refractivity contribution in [3.8, 4) is 0 Å². The Labute approximate surface area is 164 Å². The van der Waals surface area contributed by atoms with Crippen LogP contribution in [-0.2, 0) is 9.59 Å². The van der Waals surface area contributed by atoms with Crippen molar-refractivity contribution in [3.05, 3.63) is 28.2 Å². The fourth-order valence-corrected chi connectivity index (χ4v) is 3.61. The van der Waals surface area contributed by atoms with Crippen molar-refractivity contribution in [2.24, 2.45) is 0 Å². The lowest BCUT2D eigenvalue weighted by Gasteiger charge is -2.32. The summed E-state index contributed by atoms with van der Waals surface area (Å²) in [6, 6.07) is 5.00. The highest BCUT2D eigenvalue weighted by atomic mass is 35.5. The van der Waals surface area contributed by atoms with Crippen LogP contribution in [0, 0.1) is 0 Å². The molecule has 6 nitrogen and oxygen atoms in total.